The average molecular weight is 152 g/mol. The minimum absolute atomic E-state index is 0.321. The second-order valence-electron chi connectivity index (χ2n) is 2.42. The SMILES string of the molecule is C/C=C/CCC(=O)C/C=C/C. The Morgan fingerprint density at radius 3 is 2.36 bits per heavy atom. The molecule has 0 aliphatic carbocycles. The van der Waals surface area contributed by atoms with Crippen molar-refractivity contribution in [2.24, 2.45) is 0 Å². The number of allylic oxidation sites excluding steroid dienone is 4. The van der Waals surface area contributed by atoms with Crippen molar-refractivity contribution in [2.45, 2.75) is 33.1 Å². The molecular formula is C10H16O. The van der Waals surface area contributed by atoms with Gasteiger partial charge in [-0.2, -0.15) is 0 Å². The standard InChI is InChI=1S/C10H16O/c1-3-5-7-9-10(11)8-6-4-2/h3-6H,7-9H2,1-2H3/b5-3+,6-4+. The molecule has 0 aliphatic rings. The van der Waals surface area contributed by atoms with E-state index in [0.29, 0.717) is 18.6 Å². The molecule has 0 aromatic carbocycles. The van der Waals surface area contributed by atoms with Crippen molar-refractivity contribution >= 4 is 5.78 Å². The van der Waals surface area contributed by atoms with E-state index in [4.69, 9.17) is 0 Å². The minimum atomic E-state index is 0.321. The van der Waals surface area contributed by atoms with Gasteiger partial charge in [-0.25, -0.2) is 0 Å². The van der Waals surface area contributed by atoms with Crippen LogP contribution in [0.1, 0.15) is 33.1 Å². The molecule has 62 valence electrons. The van der Waals surface area contributed by atoms with Crippen LogP contribution in [0.15, 0.2) is 24.3 Å². The van der Waals surface area contributed by atoms with Crippen molar-refractivity contribution in [3.05, 3.63) is 24.3 Å². The van der Waals surface area contributed by atoms with Crippen LogP contribution in [0.3, 0.4) is 0 Å². The van der Waals surface area contributed by atoms with Gasteiger partial charge in [0.1, 0.15) is 5.78 Å². The summed E-state index contributed by atoms with van der Waals surface area (Å²) in [6.07, 6.45) is 9.96. The lowest BCUT2D eigenvalue weighted by atomic mass is 10.1. The number of ketones is 1. The molecule has 0 N–H and O–H groups in total. The summed E-state index contributed by atoms with van der Waals surface area (Å²) in [5, 5.41) is 0. The second-order valence-corrected chi connectivity index (χ2v) is 2.42. The Kier molecular flexibility index (Phi) is 6.70. The van der Waals surface area contributed by atoms with Gasteiger partial charge in [0.2, 0.25) is 0 Å². The zero-order valence-corrected chi connectivity index (χ0v) is 7.34. The van der Waals surface area contributed by atoms with E-state index >= 15 is 0 Å². The van der Waals surface area contributed by atoms with Crippen LogP contribution in [0.4, 0.5) is 0 Å². The molecule has 0 aromatic heterocycles. The highest BCUT2D eigenvalue weighted by atomic mass is 16.1. The molecule has 0 bridgehead atoms. The van der Waals surface area contributed by atoms with E-state index in [1.54, 1.807) is 0 Å². The second kappa shape index (κ2) is 7.26. The van der Waals surface area contributed by atoms with Gasteiger partial charge in [0, 0.05) is 12.8 Å². The smallest absolute Gasteiger partial charge is 0.136 e. The molecule has 0 aromatic rings. The molecule has 0 radical (unpaired) electrons. The molecule has 1 nitrogen and oxygen atoms in total. The summed E-state index contributed by atoms with van der Waals surface area (Å²) in [6, 6.07) is 0. The molecule has 0 amide bonds. The number of rotatable bonds is 5. The predicted molar refractivity (Wildman–Crippen MR) is 48.5 cm³/mol. The topological polar surface area (TPSA) is 17.1 Å². The van der Waals surface area contributed by atoms with Crippen LogP contribution in [-0.4, -0.2) is 5.78 Å². The predicted octanol–water partition coefficient (Wildman–Crippen LogP) is 2.88. The van der Waals surface area contributed by atoms with Gasteiger partial charge in [-0.1, -0.05) is 24.3 Å². The fourth-order valence-electron chi connectivity index (χ4n) is 0.762. The van der Waals surface area contributed by atoms with Crippen molar-refractivity contribution in [3.8, 4) is 0 Å². The molecule has 1 heteroatoms. The highest BCUT2D eigenvalue weighted by molar-refractivity contribution is 5.79. The van der Waals surface area contributed by atoms with Crippen molar-refractivity contribution in [1.82, 2.24) is 0 Å². The van der Waals surface area contributed by atoms with Gasteiger partial charge in [-0.05, 0) is 20.3 Å². The lowest BCUT2D eigenvalue weighted by Crippen LogP contribution is -1.93. The Hall–Kier alpha value is -0.850. The molecule has 0 spiro atoms. The van der Waals surface area contributed by atoms with Crippen LogP contribution in [0, 0.1) is 0 Å². The zero-order chi connectivity index (χ0) is 8.53. The maximum Gasteiger partial charge on any atom is 0.136 e. The van der Waals surface area contributed by atoms with Crippen LogP contribution in [0.25, 0.3) is 0 Å². The Balaban J connectivity index is 3.37. The molecule has 0 saturated carbocycles. The molecule has 0 atom stereocenters. The van der Waals surface area contributed by atoms with E-state index in [-0.39, 0.29) is 0 Å². The molecule has 11 heavy (non-hydrogen) atoms. The van der Waals surface area contributed by atoms with Gasteiger partial charge in [0.15, 0.2) is 0 Å². The van der Waals surface area contributed by atoms with E-state index in [1.807, 2.05) is 38.2 Å². The molecule has 0 saturated heterocycles. The van der Waals surface area contributed by atoms with Gasteiger partial charge in [0.05, 0.1) is 0 Å². The third-order valence-corrected chi connectivity index (χ3v) is 1.41. The molecule has 0 aliphatic heterocycles. The third-order valence-electron chi connectivity index (χ3n) is 1.41. The van der Waals surface area contributed by atoms with Crippen LogP contribution in [0.5, 0.6) is 0 Å². The first-order valence-electron chi connectivity index (χ1n) is 4.05. The number of hydrogen-bond acceptors (Lipinski definition) is 1. The summed E-state index contributed by atoms with van der Waals surface area (Å²) >= 11 is 0. The van der Waals surface area contributed by atoms with Gasteiger partial charge in [0.25, 0.3) is 0 Å². The number of hydrogen-bond donors (Lipinski definition) is 0. The summed E-state index contributed by atoms with van der Waals surface area (Å²) in [5.74, 6) is 0.321. The monoisotopic (exact) mass is 152 g/mol. The van der Waals surface area contributed by atoms with Crippen molar-refractivity contribution in [2.75, 3.05) is 0 Å². The summed E-state index contributed by atoms with van der Waals surface area (Å²) in [7, 11) is 0. The van der Waals surface area contributed by atoms with Gasteiger partial charge in [-0.3, -0.25) is 4.79 Å². The number of carbonyl (C=O) groups excluding carboxylic acids is 1. The summed E-state index contributed by atoms with van der Waals surface area (Å²) in [6.45, 7) is 3.90. The highest BCUT2D eigenvalue weighted by Gasteiger charge is 1.95. The molecule has 0 unspecified atom stereocenters. The maximum absolute atomic E-state index is 11.0. The lowest BCUT2D eigenvalue weighted by molar-refractivity contribution is -0.118. The Morgan fingerprint density at radius 1 is 1.18 bits per heavy atom. The highest BCUT2D eigenvalue weighted by Crippen LogP contribution is 1.97. The number of carbonyl (C=O) groups is 1. The normalized spacial score (nSPS) is 11.5. The van der Waals surface area contributed by atoms with Crippen LogP contribution < -0.4 is 0 Å². The Labute approximate surface area is 68.8 Å². The largest absolute Gasteiger partial charge is 0.299 e. The summed E-state index contributed by atoms with van der Waals surface area (Å²) in [5.41, 5.74) is 0. The van der Waals surface area contributed by atoms with Gasteiger partial charge in [-0.15, -0.1) is 0 Å². The fourth-order valence-corrected chi connectivity index (χ4v) is 0.762. The van der Waals surface area contributed by atoms with Crippen LogP contribution in [0.2, 0.25) is 0 Å². The van der Waals surface area contributed by atoms with Gasteiger partial charge >= 0.3 is 0 Å². The van der Waals surface area contributed by atoms with Crippen LogP contribution >= 0.6 is 0 Å². The average Bonchev–Trinajstić information content (AvgIpc) is 2.01. The number of Topliss-reactive ketones (excluding diaryl/α,β-unsaturated/α-hetero) is 1. The van der Waals surface area contributed by atoms with Crippen LogP contribution in [-0.2, 0) is 4.79 Å². The first-order valence-corrected chi connectivity index (χ1v) is 4.05. The zero-order valence-electron chi connectivity index (χ0n) is 7.34. The first-order chi connectivity index (χ1) is 5.31. The van der Waals surface area contributed by atoms with E-state index in [2.05, 4.69) is 0 Å². The van der Waals surface area contributed by atoms with Gasteiger partial charge < -0.3 is 0 Å². The van der Waals surface area contributed by atoms with E-state index in [9.17, 15) is 4.79 Å². The van der Waals surface area contributed by atoms with E-state index in [1.165, 1.54) is 0 Å². The Bertz CT molecular complexity index is 154. The minimum Gasteiger partial charge on any atom is -0.299 e. The Morgan fingerprint density at radius 2 is 1.82 bits per heavy atom. The van der Waals surface area contributed by atoms with E-state index < -0.39 is 0 Å². The third kappa shape index (κ3) is 7.04. The van der Waals surface area contributed by atoms with Crippen molar-refractivity contribution < 1.29 is 4.79 Å². The maximum atomic E-state index is 11.0. The first kappa shape index (κ1) is 10.2. The molecule has 0 rings (SSSR count). The summed E-state index contributed by atoms with van der Waals surface area (Å²) in [4.78, 5) is 11.0. The van der Waals surface area contributed by atoms with Crippen molar-refractivity contribution in [3.63, 3.8) is 0 Å². The fraction of sp³-hybridized carbons (Fsp3) is 0.500. The lowest BCUT2D eigenvalue weighted by Gasteiger charge is -1.91. The summed E-state index contributed by atoms with van der Waals surface area (Å²) < 4.78 is 0. The van der Waals surface area contributed by atoms with E-state index in [0.717, 1.165) is 6.42 Å². The molecule has 0 fully saturated rings. The quantitative estimate of drug-likeness (QED) is 0.553. The molecular weight excluding hydrogens is 136 g/mol. The molecule has 0 heterocycles. The van der Waals surface area contributed by atoms with Crippen molar-refractivity contribution in [1.29, 1.82) is 0 Å².